The van der Waals surface area contributed by atoms with Crippen LogP contribution in [0.2, 0.25) is 0 Å². The van der Waals surface area contributed by atoms with E-state index in [-0.39, 0.29) is 10.8 Å². The maximum atomic E-state index is 13.1. The van der Waals surface area contributed by atoms with E-state index in [4.69, 9.17) is 9.15 Å². The average molecular weight is 394 g/mol. The maximum absolute atomic E-state index is 13.1. The van der Waals surface area contributed by atoms with Crippen molar-refractivity contribution in [1.29, 1.82) is 0 Å². The highest BCUT2D eigenvalue weighted by atomic mass is 32.2. The molecule has 0 saturated carbocycles. The van der Waals surface area contributed by atoms with Gasteiger partial charge in [0.25, 0.3) is 0 Å². The highest BCUT2D eigenvalue weighted by Gasteiger charge is 2.32. The van der Waals surface area contributed by atoms with Gasteiger partial charge in [0.2, 0.25) is 15.9 Å². The number of nitrogens with zero attached hydrogens (tertiary/aromatic N) is 4. The lowest BCUT2D eigenvalue weighted by Gasteiger charge is -2.33. The lowest BCUT2D eigenvalue weighted by atomic mass is 10.1. The van der Waals surface area contributed by atoms with Crippen molar-refractivity contribution >= 4 is 16.0 Å². The summed E-state index contributed by atoms with van der Waals surface area (Å²) in [6, 6.07) is 3.90. The van der Waals surface area contributed by atoms with Crippen molar-refractivity contribution in [3.8, 4) is 5.75 Å². The van der Waals surface area contributed by atoms with Crippen LogP contribution in [-0.2, 0) is 10.0 Å². The molecule has 1 aromatic heterocycles. The van der Waals surface area contributed by atoms with Crippen LogP contribution in [0, 0.1) is 13.8 Å². The molecule has 27 heavy (non-hydrogen) atoms. The van der Waals surface area contributed by atoms with Crippen LogP contribution >= 0.6 is 0 Å². The van der Waals surface area contributed by atoms with Crippen molar-refractivity contribution in [3.63, 3.8) is 0 Å². The van der Waals surface area contributed by atoms with E-state index in [1.54, 1.807) is 12.1 Å². The predicted octanol–water partition coefficient (Wildman–Crippen LogP) is 2.33. The Morgan fingerprint density at radius 2 is 1.70 bits per heavy atom. The first-order valence-corrected chi connectivity index (χ1v) is 10.4. The number of hydrogen-bond donors (Lipinski definition) is 0. The van der Waals surface area contributed by atoms with Crippen LogP contribution in [0.1, 0.15) is 36.8 Å². The molecule has 0 atom stereocenters. The molecule has 0 unspecified atom stereocenters. The topological polar surface area (TPSA) is 88.8 Å². The molecule has 2 aromatic rings. The third-order valence-corrected chi connectivity index (χ3v) is 6.75. The summed E-state index contributed by atoms with van der Waals surface area (Å²) in [7, 11) is -2.15. The normalized spacial score (nSPS) is 16.1. The summed E-state index contributed by atoms with van der Waals surface area (Å²) < 4.78 is 38.8. The number of aromatic nitrogens is 2. The lowest BCUT2D eigenvalue weighted by Crippen LogP contribution is -2.48. The smallest absolute Gasteiger partial charge is 0.318 e. The van der Waals surface area contributed by atoms with Crippen LogP contribution in [0.5, 0.6) is 5.75 Å². The van der Waals surface area contributed by atoms with E-state index in [0.717, 1.165) is 11.1 Å². The van der Waals surface area contributed by atoms with Gasteiger partial charge in [-0.3, -0.25) is 0 Å². The van der Waals surface area contributed by atoms with Crippen molar-refractivity contribution in [2.45, 2.75) is 38.5 Å². The first-order valence-electron chi connectivity index (χ1n) is 8.97. The van der Waals surface area contributed by atoms with E-state index in [1.165, 1.54) is 11.4 Å². The van der Waals surface area contributed by atoms with Crippen LogP contribution in [0.3, 0.4) is 0 Å². The van der Waals surface area contributed by atoms with Crippen LogP contribution in [0.4, 0.5) is 6.01 Å². The molecule has 0 N–H and O–H groups in total. The van der Waals surface area contributed by atoms with Crippen molar-refractivity contribution in [2.75, 3.05) is 38.2 Å². The third kappa shape index (κ3) is 3.79. The Kier molecular flexibility index (Phi) is 5.43. The number of sulfonamides is 1. The Bertz CT molecular complexity index is 915. The number of anilines is 1. The van der Waals surface area contributed by atoms with Crippen molar-refractivity contribution in [2.24, 2.45) is 0 Å². The Morgan fingerprint density at radius 1 is 1.07 bits per heavy atom. The van der Waals surface area contributed by atoms with Gasteiger partial charge in [-0.25, -0.2) is 8.42 Å². The predicted molar refractivity (Wildman–Crippen MR) is 102 cm³/mol. The molecular weight excluding hydrogens is 368 g/mol. The molecule has 2 heterocycles. The highest BCUT2D eigenvalue weighted by Crippen LogP contribution is 2.30. The summed E-state index contributed by atoms with van der Waals surface area (Å²) in [6.45, 7) is 9.47. The molecule has 0 aliphatic carbocycles. The molecule has 1 aliphatic rings. The van der Waals surface area contributed by atoms with Crippen molar-refractivity contribution in [3.05, 3.63) is 29.2 Å². The molecule has 148 valence electrons. The Labute approximate surface area is 160 Å². The van der Waals surface area contributed by atoms with Crippen LogP contribution in [0.15, 0.2) is 21.4 Å². The molecule has 1 aliphatic heterocycles. The summed E-state index contributed by atoms with van der Waals surface area (Å²) >= 11 is 0. The summed E-state index contributed by atoms with van der Waals surface area (Å²) in [5.41, 5.74) is 1.91. The minimum Gasteiger partial charge on any atom is -0.495 e. The number of rotatable bonds is 5. The van der Waals surface area contributed by atoms with E-state index in [9.17, 15) is 8.42 Å². The molecule has 0 bridgehead atoms. The minimum absolute atomic E-state index is 0.158. The van der Waals surface area contributed by atoms with Gasteiger partial charge in [-0.2, -0.15) is 4.31 Å². The third-order valence-electron chi connectivity index (χ3n) is 4.83. The summed E-state index contributed by atoms with van der Waals surface area (Å²) in [4.78, 5) is 2.13. The van der Waals surface area contributed by atoms with Crippen LogP contribution in [-0.4, -0.2) is 56.2 Å². The van der Waals surface area contributed by atoms with Gasteiger partial charge in [0.1, 0.15) is 10.6 Å². The number of benzene rings is 1. The molecule has 0 radical (unpaired) electrons. The van der Waals surface area contributed by atoms with E-state index >= 15 is 0 Å². The first-order chi connectivity index (χ1) is 12.7. The van der Waals surface area contributed by atoms with E-state index in [2.05, 4.69) is 10.2 Å². The SMILES string of the molecule is COc1cc(C)c(C)cc1S(=O)(=O)N1CCN(c2nnc(C(C)C)o2)CC1. The number of ether oxygens (including phenoxy) is 1. The van der Waals surface area contributed by atoms with E-state index in [0.29, 0.717) is 43.8 Å². The van der Waals surface area contributed by atoms with E-state index in [1.807, 2.05) is 32.6 Å². The monoisotopic (exact) mass is 394 g/mol. The average Bonchev–Trinajstić information content (AvgIpc) is 3.14. The van der Waals surface area contributed by atoms with Gasteiger partial charge < -0.3 is 14.1 Å². The Morgan fingerprint density at radius 3 is 2.26 bits per heavy atom. The van der Waals surface area contributed by atoms with Crippen LogP contribution < -0.4 is 9.64 Å². The fourth-order valence-corrected chi connectivity index (χ4v) is 4.62. The standard InChI is InChI=1S/C18H26N4O4S/c1-12(2)17-19-20-18(26-17)21-6-8-22(9-7-21)27(23,24)16-11-14(4)13(3)10-15(16)25-5/h10-12H,6-9H2,1-5H3. The fraction of sp³-hybridized carbons (Fsp3) is 0.556. The second kappa shape index (κ2) is 7.47. The molecule has 1 fully saturated rings. The zero-order valence-corrected chi connectivity index (χ0v) is 17.2. The van der Waals surface area contributed by atoms with Gasteiger partial charge in [-0.1, -0.05) is 18.9 Å². The molecule has 8 nitrogen and oxygen atoms in total. The number of methoxy groups -OCH3 is 1. The Balaban J connectivity index is 1.78. The van der Waals surface area contributed by atoms with Gasteiger partial charge in [-0.15, -0.1) is 5.10 Å². The molecule has 9 heteroatoms. The largest absolute Gasteiger partial charge is 0.495 e. The molecule has 0 spiro atoms. The minimum atomic E-state index is -3.64. The second-order valence-electron chi connectivity index (χ2n) is 7.06. The van der Waals surface area contributed by atoms with Crippen LogP contribution in [0.25, 0.3) is 0 Å². The van der Waals surface area contributed by atoms with Crippen molar-refractivity contribution in [1.82, 2.24) is 14.5 Å². The van der Waals surface area contributed by atoms with Crippen molar-refractivity contribution < 1.29 is 17.6 Å². The molecule has 1 aromatic carbocycles. The summed E-state index contributed by atoms with van der Waals surface area (Å²) in [5.74, 6) is 1.11. The van der Waals surface area contributed by atoms with Gasteiger partial charge in [0.05, 0.1) is 7.11 Å². The second-order valence-corrected chi connectivity index (χ2v) is 8.96. The number of piperazine rings is 1. The fourth-order valence-electron chi connectivity index (χ4n) is 2.97. The Hall–Kier alpha value is -2.13. The van der Waals surface area contributed by atoms with Gasteiger partial charge in [0.15, 0.2) is 0 Å². The van der Waals surface area contributed by atoms with Gasteiger partial charge in [-0.05, 0) is 37.1 Å². The van der Waals surface area contributed by atoms with E-state index < -0.39 is 10.0 Å². The highest BCUT2D eigenvalue weighted by molar-refractivity contribution is 7.89. The molecule has 1 saturated heterocycles. The molecule has 0 amide bonds. The van der Waals surface area contributed by atoms with Gasteiger partial charge in [0, 0.05) is 32.1 Å². The lowest BCUT2D eigenvalue weighted by molar-refractivity contribution is 0.361. The summed E-state index contributed by atoms with van der Waals surface area (Å²) in [6.07, 6.45) is 0. The maximum Gasteiger partial charge on any atom is 0.318 e. The number of aryl methyl sites for hydroxylation is 2. The molecular formula is C18H26N4O4S. The summed E-state index contributed by atoms with van der Waals surface area (Å²) in [5, 5.41) is 8.12. The zero-order valence-electron chi connectivity index (χ0n) is 16.4. The first kappa shape index (κ1) is 19.6. The molecule has 3 rings (SSSR count). The number of hydrogen-bond acceptors (Lipinski definition) is 7. The van der Waals surface area contributed by atoms with Gasteiger partial charge >= 0.3 is 6.01 Å². The zero-order chi connectivity index (χ0) is 19.8. The quantitative estimate of drug-likeness (QED) is 0.769.